The Labute approximate surface area is 144 Å². The number of carboxylic acids is 1. The van der Waals surface area contributed by atoms with Gasteiger partial charge in [0.25, 0.3) is 0 Å². The molecule has 0 bridgehead atoms. The number of carboxylic acid groups (broad SMARTS) is 1. The lowest BCUT2D eigenvalue weighted by Crippen LogP contribution is -2.19. The molecule has 0 amide bonds. The first-order chi connectivity index (χ1) is 11.6. The third-order valence-corrected chi connectivity index (χ3v) is 3.76. The van der Waals surface area contributed by atoms with E-state index in [0.717, 1.165) is 18.4 Å². The third kappa shape index (κ3) is 9.13. The molecular formula is C20H28O4. The Balaban J connectivity index is 2.42. The molecule has 4 nitrogen and oxygen atoms in total. The van der Waals surface area contributed by atoms with Gasteiger partial charge in [-0.2, -0.15) is 0 Å². The highest BCUT2D eigenvalue weighted by molar-refractivity contribution is 5.80. The van der Waals surface area contributed by atoms with Gasteiger partial charge in [0.2, 0.25) is 0 Å². The van der Waals surface area contributed by atoms with Crippen LogP contribution in [-0.2, 0) is 20.9 Å². The van der Waals surface area contributed by atoms with Gasteiger partial charge < -0.3 is 9.84 Å². The number of ether oxygens (including phenoxy) is 1. The van der Waals surface area contributed by atoms with Crippen molar-refractivity contribution in [3.63, 3.8) is 0 Å². The molecule has 24 heavy (non-hydrogen) atoms. The summed E-state index contributed by atoms with van der Waals surface area (Å²) >= 11 is 0. The number of benzene rings is 1. The van der Waals surface area contributed by atoms with E-state index in [2.05, 4.69) is 6.92 Å². The molecule has 0 heterocycles. The number of unbranched alkanes of at least 4 members (excludes halogenated alkanes) is 5. The predicted molar refractivity (Wildman–Crippen MR) is 94.5 cm³/mol. The van der Waals surface area contributed by atoms with Crippen LogP contribution in [0.15, 0.2) is 42.5 Å². The number of carbonyl (C=O) groups is 2. The normalized spacial score (nSPS) is 12.2. The highest BCUT2D eigenvalue weighted by Crippen LogP contribution is 2.12. The summed E-state index contributed by atoms with van der Waals surface area (Å²) in [7, 11) is 0. The summed E-state index contributed by atoms with van der Waals surface area (Å²) in [4.78, 5) is 23.1. The van der Waals surface area contributed by atoms with Crippen molar-refractivity contribution >= 4 is 11.9 Å². The zero-order valence-corrected chi connectivity index (χ0v) is 14.4. The third-order valence-electron chi connectivity index (χ3n) is 3.76. The molecule has 1 unspecified atom stereocenters. The van der Waals surface area contributed by atoms with E-state index in [0.29, 0.717) is 0 Å². The van der Waals surface area contributed by atoms with E-state index in [9.17, 15) is 9.59 Å². The molecule has 1 atom stereocenters. The molecule has 0 aromatic heterocycles. The Hall–Kier alpha value is -2.10. The van der Waals surface area contributed by atoms with Crippen LogP contribution < -0.4 is 0 Å². The van der Waals surface area contributed by atoms with Gasteiger partial charge in [-0.3, -0.25) is 9.59 Å². The molecule has 1 aromatic rings. The van der Waals surface area contributed by atoms with Crippen molar-refractivity contribution in [2.45, 2.75) is 58.5 Å². The summed E-state index contributed by atoms with van der Waals surface area (Å²) in [6.45, 7) is 2.35. The fraction of sp³-hybridized carbons (Fsp3) is 0.500. The number of allylic oxidation sites excluding steroid dienone is 1. The number of esters is 1. The lowest BCUT2D eigenvalue weighted by Gasteiger charge is -2.11. The highest BCUT2D eigenvalue weighted by atomic mass is 16.5. The lowest BCUT2D eigenvalue weighted by molar-refractivity contribution is -0.152. The first-order valence-electron chi connectivity index (χ1n) is 8.72. The van der Waals surface area contributed by atoms with Gasteiger partial charge in [-0.1, -0.05) is 75.1 Å². The highest BCUT2D eigenvalue weighted by Gasteiger charge is 2.20. The second-order valence-electron chi connectivity index (χ2n) is 5.93. The van der Waals surface area contributed by atoms with Gasteiger partial charge in [0, 0.05) is 0 Å². The molecule has 132 valence electrons. The van der Waals surface area contributed by atoms with E-state index >= 15 is 0 Å². The average molecular weight is 332 g/mol. The van der Waals surface area contributed by atoms with Crippen molar-refractivity contribution in [2.24, 2.45) is 5.92 Å². The van der Waals surface area contributed by atoms with Gasteiger partial charge >= 0.3 is 11.9 Å². The first-order valence-corrected chi connectivity index (χ1v) is 8.72. The summed E-state index contributed by atoms with van der Waals surface area (Å²) in [6.07, 6.45) is 10.1. The first kappa shape index (κ1) is 19.9. The van der Waals surface area contributed by atoms with Crippen molar-refractivity contribution in [3.05, 3.63) is 48.0 Å². The molecular weight excluding hydrogens is 304 g/mol. The molecule has 0 radical (unpaired) electrons. The van der Waals surface area contributed by atoms with Crippen molar-refractivity contribution in [2.75, 3.05) is 0 Å². The van der Waals surface area contributed by atoms with Gasteiger partial charge in [0.1, 0.15) is 6.61 Å². The van der Waals surface area contributed by atoms with Crippen molar-refractivity contribution in [1.29, 1.82) is 0 Å². The summed E-state index contributed by atoms with van der Waals surface area (Å²) in [5, 5.41) is 8.98. The van der Waals surface area contributed by atoms with E-state index in [1.54, 1.807) is 6.08 Å². The van der Waals surface area contributed by atoms with Crippen LogP contribution in [0.2, 0.25) is 0 Å². The number of hydrogen-bond donors (Lipinski definition) is 1. The lowest BCUT2D eigenvalue weighted by atomic mass is 10.0. The minimum Gasteiger partial charge on any atom is -0.481 e. The van der Waals surface area contributed by atoms with E-state index in [1.165, 1.54) is 25.7 Å². The molecule has 0 spiro atoms. The molecule has 0 saturated heterocycles. The zero-order valence-electron chi connectivity index (χ0n) is 14.4. The van der Waals surface area contributed by atoms with Crippen LogP contribution >= 0.6 is 0 Å². The Kier molecular flexibility index (Phi) is 10.3. The topological polar surface area (TPSA) is 63.6 Å². The van der Waals surface area contributed by atoms with Crippen LogP contribution in [0.4, 0.5) is 0 Å². The Bertz CT molecular complexity index is 508. The molecule has 1 aromatic carbocycles. The van der Waals surface area contributed by atoms with Crippen molar-refractivity contribution in [3.8, 4) is 0 Å². The van der Waals surface area contributed by atoms with Gasteiger partial charge in [0.15, 0.2) is 0 Å². The second kappa shape index (κ2) is 12.3. The van der Waals surface area contributed by atoms with Gasteiger partial charge in [0.05, 0.1) is 12.3 Å². The number of aliphatic carboxylic acids is 1. The molecule has 0 aliphatic heterocycles. The molecule has 0 fully saturated rings. The fourth-order valence-electron chi connectivity index (χ4n) is 2.38. The Morgan fingerprint density at radius 2 is 1.83 bits per heavy atom. The molecule has 4 heteroatoms. The van der Waals surface area contributed by atoms with Gasteiger partial charge in [-0.25, -0.2) is 0 Å². The van der Waals surface area contributed by atoms with E-state index in [-0.39, 0.29) is 13.0 Å². The van der Waals surface area contributed by atoms with E-state index < -0.39 is 17.9 Å². The van der Waals surface area contributed by atoms with Crippen LogP contribution in [0.5, 0.6) is 0 Å². The minimum atomic E-state index is -0.996. The van der Waals surface area contributed by atoms with Gasteiger partial charge in [-0.15, -0.1) is 0 Å². The predicted octanol–water partition coefficient (Wildman–Crippen LogP) is 4.74. The maximum atomic E-state index is 12.1. The fourth-order valence-corrected chi connectivity index (χ4v) is 2.38. The summed E-state index contributed by atoms with van der Waals surface area (Å²) in [5.74, 6) is -2.20. The van der Waals surface area contributed by atoms with Crippen LogP contribution in [0.3, 0.4) is 0 Å². The monoisotopic (exact) mass is 332 g/mol. The van der Waals surface area contributed by atoms with E-state index in [1.807, 2.05) is 36.4 Å². The maximum absolute atomic E-state index is 12.1. The summed E-state index contributed by atoms with van der Waals surface area (Å²) < 4.78 is 5.25. The number of hydrogen-bond acceptors (Lipinski definition) is 3. The van der Waals surface area contributed by atoms with Crippen LogP contribution in [0, 0.1) is 5.92 Å². The summed E-state index contributed by atoms with van der Waals surface area (Å²) in [5.41, 5.74) is 0.889. The Morgan fingerprint density at radius 3 is 2.50 bits per heavy atom. The van der Waals surface area contributed by atoms with E-state index in [4.69, 9.17) is 9.84 Å². The molecule has 0 saturated carbocycles. The summed E-state index contributed by atoms with van der Waals surface area (Å²) in [6, 6.07) is 9.37. The molecule has 0 aliphatic rings. The zero-order chi connectivity index (χ0) is 17.6. The number of carbonyl (C=O) groups excluding carboxylic acids is 1. The van der Waals surface area contributed by atoms with Crippen molar-refractivity contribution < 1.29 is 19.4 Å². The van der Waals surface area contributed by atoms with Crippen LogP contribution in [0.25, 0.3) is 0 Å². The largest absolute Gasteiger partial charge is 0.481 e. The molecule has 0 aliphatic carbocycles. The van der Waals surface area contributed by atoms with Crippen LogP contribution in [-0.4, -0.2) is 17.0 Å². The standard InChI is InChI=1S/C20H28O4/c1-2-3-4-5-6-7-11-14-18(15-19(21)22)20(23)24-16-17-12-9-8-10-13-17/h8-14,18H,2-7,15-16H2,1H3,(H,21,22). The molecule has 1 N–H and O–H groups in total. The Morgan fingerprint density at radius 1 is 1.12 bits per heavy atom. The minimum absolute atomic E-state index is 0.167. The second-order valence-corrected chi connectivity index (χ2v) is 5.93. The number of rotatable bonds is 12. The molecule has 1 rings (SSSR count). The average Bonchev–Trinajstić information content (AvgIpc) is 2.58. The SMILES string of the molecule is CCCCCCCC=CC(CC(=O)O)C(=O)OCc1ccccc1. The van der Waals surface area contributed by atoms with Crippen molar-refractivity contribution in [1.82, 2.24) is 0 Å². The quantitative estimate of drug-likeness (QED) is 0.341. The maximum Gasteiger partial charge on any atom is 0.313 e. The van der Waals surface area contributed by atoms with Crippen LogP contribution in [0.1, 0.15) is 57.4 Å². The van der Waals surface area contributed by atoms with Gasteiger partial charge in [-0.05, 0) is 18.4 Å². The smallest absolute Gasteiger partial charge is 0.313 e.